The average Bonchev–Trinajstić information content (AvgIpc) is 2.66. The van der Waals surface area contributed by atoms with Crippen molar-refractivity contribution in [1.82, 2.24) is 0 Å². The second-order valence-corrected chi connectivity index (χ2v) is 5.66. The van der Waals surface area contributed by atoms with Gasteiger partial charge >= 0.3 is 0 Å². The number of hydrogen-bond donors (Lipinski definition) is 0. The van der Waals surface area contributed by atoms with E-state index in [1.54, 1.807) is 12.2 Å². The van der Waals surface area contributed by atoms with Gasteiger partial charge in [-0.15, -0.1) is 0 Å². The summed E-state index contributed by atoms with van der Waals surface area (Å²) in [6, 6.07) is 15.3. The smallest absolute Gasteiger partial charge is 0.197 e. The van der Waals surface area contributed by atoms with Crippen LogP contribution in [-0.4, -0.2) is 25.8 Å². The van der Waals surface area contributed by atoms with Crippen molar-refractivity contribution >= 4 is 12.2 Å². The average molecular weight is 354 g/mol. The predicted molar refractivity (Wildman–Crippen MR) is 105 cm³/mol. The second kappa shape index (κ2) is 10.4. The third kappa shape index (κ3) is 6.75. The molecule has 4 heteroatoms. The van der Waals surface area contributed by atoms with Crippen molar-refractivity contribution in [1.29, 1.82) is 0 Å². The van der Waals surface area contributed by atoms with Crippen LogP contribution in [0.3, 0.4) is 0 Å². The maximum atomic E-state index is 5.69. The molecule has 0 saturated heterocycles. The molecule has 2 aromatic carbocycles. The lowest BCUT2D eigenvalue weighted by Crippen LogP contribution is -2.23. The molecule has 0 aliphatic rings. The SMILES string of the molecule is C=Cc1ccc(OC(C)OCCOC(C)Oc2ccc(C=C)cc2)cc1. The molecule has 0 saturated carbocycles. The Morgan fingerprint density at radius 2 is 1.04 bits per heavy atom. The first kappa shape index (κ1) is 19.8. The molecule has 2 aromatic rings. The molecular formula is C22H26O4. The Morgan fingerprint density at radius 3 is 1.35 bits per heavy atom. The highest BCUT2D eigenvalue weighted by atomic mass is 16.7. The van der Waals surface area contributed by atoms with Gasteiger partial charge in [-0.25, -0.2) is 0 Å². The maximum absolute atomic E-state index is 5.69. The zero-order valence-corrected chi connectivity index (χ0v) is 15.4. The lowest BCUT2D eigenvalue weighted by Gasteiger charge is -2.18. The summed E-state index contributed by atoms with van der Waals surface area (Å²) in [6.45, 7) is 12.0. The van der Waals surface area contributed by atoms with Crippen LogP contribution in [0.25, 0.3) is 12.2 Å². The molecule has 0 aromatic heterocycles. The Kier molecular flexibility index (Phi) is 7.93. The van der Waals surface area contributed by atoms with Gasteiger partial charge in [0.1, 0.15) is 11.5 Å². The summed E-state index contributed by atoms with van der Waals surface area (Å²) in [5, 5.41) is 0. The van der Waals surface area contributed by atoms with Gasteiger partial charge < -0.3 is 18.9 Å². The van der Waals surface area contributed by atoms with Crippen molar-refractivity contribution in [2.45, 2.75) is 26.4 Å². The van der Waals surface area contributed by atoms with E-state index in [2.05, 4.69) is 13.2 Å². The molecule has 0 fully saturated rings. The summed E-state index contributed by atoms with van der Waals surface area (Å²) in [5.74, 6) is 1.51. The fraction of sp³-hybridized carbons (Fsp3) is 0.273. The Hall–Kier alpha value is -2.56. The molecule has 0 heterocycles. The van der Waals surface area contributed by atoms with Gasteiger partial charge in [-0.1, -0.05) is 49.6 Å². The van der Waals surface area contributed by atoms with Gasteiger partial charge in [0.25, 0.3) is 0 Å². The number of rotatable bonds is 11. The summed E-state index contributed by atoms with van der Waals surface area (Å²) in [6.07, 6.45) is 2.85. The maximum Gasteiger partial charge on any atom is 0.197 e. The normalized spacial score (nSPS) is 12.8. The van der Waals surface area contributed by atoms with Crippen molar-refractivity contribution in [2.24, 2.45) is 0 Å². The molecule has 0 aliphatic heterocycles. The molecule has 2 atom stereocenters. The topological polar surface area (TPSA) is 36.9 Å². The van der Waals surface area contributed by atoms with Gasteiger partial charge in [-0.3, -0.25) is 0 Å². The molecule has 2 rings (SSSR count). The first-order valence-corrected chi connectivity index (χ1v) is 8.62. The third-order valence-electron chi connectivity index (χ3n) is 3.62. The van der Waals surface area contributed by atoms with Gasteiger partial charge in [0.2, 0.25) is 0 Å². The first-order chi connectivity index (χ1) is 12.6. The van der Waals surface area contributed by atoms with Crippen molar-refractivity contribution in [3.8, 4) is 11.5 Å². The van der Waals surface area contributed by atoms with Crippen molar-refractivity contribution in [3.05, 3.63) is 72.8 Å². The first-order valence-electron chi connectivity index (χ1n) is 8.62. The quantitative estimate of drug-likeness (QED) is 0.413. The monoisotopic (exact) mass is 354 g/mol. The van der Waals surface area contributed by atoms with Gasteiger partial charge in [-0.05, 0) is 49.2 Å². The highest BCUT2D eigenvalue weighted by Gasteiger charge is 2.07. The van der Waals surface area contributed by atoms with Crippen molar-refractivity contribution in [2.75, 3.05) is 13.2 Å². The Labute approximate surface area is 155 Å². The number of benzene rings is 2. The predicted octanol–water partition coefficient (Wildman–Crippen LogP) is 5.16. The van der Waals surface area contributed by atoms with E-state index >= 15 is 0 Å². The van der Waals surface area contributed by atoms with E-state index < -0.39 is 0 Å². The lowest BCUT2D eigenvalue weighted by atomic mass is 10.2. The molecular weight excluding hydrogens is 328 g/mol. The molecule has 26 heavy (non-hydrogen) atoms. The minimum absolute atomic E-state index is 0.365. The highest BCUT2D eigenvalue weighted by molar-refractivity contribution is 5.48. The summed E-state index contributed by atoms with van der Waals surface area (Å²) in [7, 11) is 0. The van der Waals surface area contributed by atoms with Gasteiger partial charge in [0.05, 0.1) is 13.2 Å². The molecule has 4 nitrogen and oxygen atoms in total. The van der Waals surface area contributed by atoms with Crippen LogP contribution in [0.4, 0.5) is 0 Å². The van der Waals surface area contributed by atoms with Crippen LogP contribution in [0.5, 0.6) is 11.5 Å². The molecule has 0 N–H and O–H groups in total. The van der Waals surface area contributed by atoms with E-state index in [0.717, 1.165) is 22.6 Å². The van der Waals surface area contributed by atoms with Crippen LogP contribution >= 0.6 is 0 Å². The number of hydrogen-bond acceptors (Lipinski definition) is 4. The minimum Gasteiger partial charge on any atom is -0.465 e. The highest BCUT2D eigenvalue weighted by Crippen LogP contribution is 2.16. The zero-order valence-electron chi connectivity index (χ0n) is 15.4. The molecule has 0 amide bonds. The summed E-state index contributed by atoms with van der Waals surface area (Å²) in [4.78, 5) is 0. The fourth-order valence-corrected chi connectivity index (χ4v) is 2.24. The van der Waals surface area contributed by atoms with E-state index in [1.807, 2.05) is 62.4 Å². The Morgan fingerprint density at radius 1 is 0.692 bits per heavy atom. The minimum atomic E-state index is -0.365. The van der Waals surface area contributed by atoms with E-state index in [0.29, 0.717) is 13.2 Å². The molecule has 0 bridgehead atoms. The standard InChI is InChI=1S/C22H26O4/c1-5-19-7-11-21(12-8-19)25-17(3)23-15-16-24-18(4)26-22-13-9-20(6-2)10-14-22/h5-14,17-18H,1-2,15-16H2,3-4H3. The second-order valence-electron chi connectivity index (χ2n) is 5.66. The number of ether oxygens (including phenoxy) is 4. The summed E-state index contributed by atoms with van der Waals surface area (Å²) in [5.41, 5.74) is 2.10. The molecule has 2 unspecified atom stereocenters. The van der Waals surface area contributed by atoms with Crippen LogP contribution in [0.15, 0.2) is 61.7 Å². The van der Waals surface area contributed by atoms with Crippen LogP contribution in [-0.2, 0) is 9.47 Å². The van der Waals surface area contributed by atoms with E-state index in [-0.39, 0.29) is 12.6 Å². The van der Waals surface area contributed by atoms with Gasteiger partial charge in [0.15, 0.2) is 12.6 Å². The fourth-order valence-electron chi connectivity index (χ4n) is 2.24. The largest absolute Gasteiger partial charge is 0.465 e. The van der Waals surface area contributed by atoms with Crippen LogP contribution in [0, 0.1) is 0 Å². The van der Waals surface area contributed by atoms with Gasteiger partial charge in [-0.2, -0.15) is 0 Å². The van der Waals surface area contributed by atoms with Crippen molar-refractivity contribution < 1.29 is 18.9 Å². The van der Waals surface area contributed by atoms with E-state index in [9.17, 15) is 0 Å². The van der Waals surface area contributed by atoms with Crippen LogP contribution in [0.1, 0.15) is 25.0 Å². The molecule has 138 valence electrons. The summed E-state index contributed by atoms with van der Waals surface area (Å²) >= 11 is 0. The Bertz CT molecular complexity index is 615. The van der Waals surface area contributed by atoms with E-state index in [4.69, 9.17) is 18.9 Å². The summed E-state index contributed by atoms with van der Waals surface area (Å²) < 4.78 is 22.6. The lowest BCUT2D eigenvalue weighted by molar-refractivity contribution is -0.119. The molecule has 0 radical (unpaired) electrons. The van der Waals surface area contributed by atoms with E-state index in [1.165, 1.54) is 0 Å². The zero-order chi connectivity index (χ0) is 18.8. The van der Waals surface area contributed by atoms with Crippen LogP contribution < -0.4 is 9.47 Å². The Balaban J connectivity index is 1.63. The van der Waals surface area contributed by atoms with Gasteiger partial charge in [0, 0.05) is 0 Å². The third-order valence-corrected chi connectivity index (χ3v) is 3.62. The van der Waals surface area contributed by atoms with Crippen LogP contribution in [0.2, 0.25) is 0 Å². The molecule has 0 spiro atoms. The van der Waals surface area contributed by atoms with Crippen molar-refractivity contribution in [3.63, 3.8) is 0 Å². The molecule has 0 aliphatic carbocycles.